The van der Waals surface area contributed by atoms with Crippen molar-refractivity contribution in [3.63, 3.8) is 0 Å². The summed E-state index contributed by atoms with van der Waals surface area (Å²) in [5, 5.41) is 1.87. The third kappa shape index (κ3) is 3.08. The van der Waals surface area contributed by atoms with Crippen LogP contribution in [0.1, 0.15) is 27.9 Å². The van der Waals surface area contributed by atoms with Crippen LogP contribution in [0.5, 0.6) is 0 Å². The van der Waals surface area contributed by atoms with Gasteiger partial charge in [0, 0.05) is 46.3 Å². The van der Waals surface area contributed by atoms with Gasteiger partial charge in [-0.2, -0.15) is 0 Å². The quantitative estimate of drug-likeness (QED) is 0.689. The van der Waals surface area contributed by atoms with E-state index in [1.54, 1.807) is 0 Å². The Kier molecular flexibility index (Phi) is 4.10. The number of hydrogen-bond acceptors (Lipinski definition) is 1. The summed E-state index contributed by atoms with van der Waals surface area (Å²) in [5.74, 6) is 0.0981. The lowest BCUT2D eigenvalue weighted by molar-refractivity contribution is 0.0773. The number of halogens is 1. The van der Waals surface area contributed by atoms with Gasteiger partial charge in [0.1, 0.15) is 0 Å². The highest BCUT2D eigenvalue weighted by Gasteiger charge is 2.20. The summed E-state index contributed by atoms with van der Waals surface area (Å²) in [7, 11) is 0. The molecule has 3 nitrogen and oxygen atoms in total. The highest BCUT2D eigenvalue weighted by Crippen LogP contribution is 2.31. The molecule has 4 heteroatoms. The lowest BCUT2D eigenvalue weighted by Gasteiger charge is -2.26. The number of nitrogens with one attached hydrogen (secondary N) is 1. The van der Waals surface area contributed by atoms with Crippen LogP contribution in [0.3, 0.4) is 0 Å². The van der Waals surface area contributed by atoms with Crippen molar-refractivity contribution in [2.24, 2.45) is 0 Å². The first kappa shape index (κ1) is 16.0. The highest BCUT2D eigenvalue weighted by molar-refractivity contribution is 6.31. The number of hydrogen-bond donors (Lipinski definition) is 1. The molecule has 126 valence electrons. The topological polar surface area (TPSA) is 36.1 Å². The second-order valence-corrected chi connectivity index (χ2v) is 6.93. The van der Waals surface area contributed by atoms with Gasteiger partial charge in [0.25, 0.3) is 5.91 Å². The fourth-order valence-electron chi connectivity index (χ4n) is 3.42. The normalized spacial score (nSPS) is 14.6. The van der Waals surface area contributed by atoms with Gasteiger partial charge in [-0.15, -0.1) is 0 Å². The first-order valence-corrected chi connectivity index (χ1v) is 8.81. The number of fused-ring (bicyclic) bond motifs is 1. The molecule has 0 saturated carbocycles. The number of benzene rings is 2. The number of carbonyl (C=O) groups excluding carboxylic acids is 1. The number of aryl methyl sites for hydroxylation is 1. The third-order valence-electron chi connectivity index (χ3n) is 4.75. The largest absolute Gasteiger partial charge is 0.361 e. The summed E-state index contributed by atoms with van der Waals surface area (Å²) in [6.45, 7) is 3.37. The van der Waals surface area contributed by atoms with Crippen LogP contribution in [0.25, 0.3) is 16.5 Å². The van der Waals surface area contributed by atoms with Crippen LogP contribution in [0, 0.1) is 6.92 Å². The number of aromatic nitrogens is 1. The van der Waals surface area contributed by atoms with Gasteiger partial charge in [0.15, 0.2) is 0 Å². The van der Waals surface area contributed by atoms with E-state index in [-0.39, 0.29) is 5.91 Å². The summed E-state index contributed by atoms with van der Waals surface area (Å²) in [6, 6.07) is 13.7. The summed E-state index contributed by atoms with van der Waals surface area (Å²) in [6.07, 6.45) is 5.03. The van der Waals surface area contributed by atoms with Gasteiger partial charge in [-0.1, -0.05) is 35.4 Å². The number of rotatable bonds is 2. The maximum Gasteiger partial charge on any atom is 0.254 e. The molecule has 1 aliphatic heterocycles. The maximum atomic E-state index is 12.7. The molecule has 1 N–H and O–H groups in total. The molecule has 1 amide bonds. The number of amides is 1. The lowest BCUT2D eigenvalue weighted by Crippen LogP contribution is -2.34. The molecular weight excluding hydrogens is 332 g/mol. The zero-order chi connectivity index (χ0) is 17.4. The average Bonchev–Trinajstić information content (AvgIpc) is 3.04. The van der Waals surface area contributed by atoms with Crippen molar-refractivity contribution in [2.45, 2.75) is 13.3 Å². The van der Waals surface area contributed by atoms with Crippen LogP contribution in [0.4, 0.5) is 0 Å². The van der Waals surface area contributed by atoms with Gasteiger partial charge < -0.3 is 9.88 Å². The van der Waals surface area contributed by atoms with Crippen LogP contribution in [-0.2, 0) is 0 Å². The van der Waals surface area contributed by atoms with Crippen LogP contribution >= 0.6 is 11.6 Å². The van der Waals surface area contributed by atoms with E-state index >= 15 is 0 Å². The Morgan fingerprint density at radius 2 is 2.08 bits per heavy atom. The second-order valence-electron chi connectivity index (χ2n) is 6.49. The molecule has 0 aliphatic carbocycles. The number of aromatic amines is 1. The minimum Gasteiger partial charge on any atom is -0.361 e. The van der Waals surface area contributed by atoms with Crippen molar-refractivity contribution in [1.82, 2.24) is 9.88 Å². The second kappa shape index (κ2) is 6.41. The molecule has 1 aliphatic rings. The molecule has 4 rings (SSSR count). The van der Waals surface area contributed by atoms with Crippen molar-refractivity contribution >= 4 is 34.0 Å². The van der Waals surface area contributed by atoms with Crippen molar-refractivity contribution in [3.8, 4) is 0 Å². The third-order valence-corrected chi connectivity index (χ3v) is 4.99. The fourth-order valence-corrected chi connectivity index (χ4v) is 3.59. The maximum absolute atomic E-state index is 12.7. The average molecular weight is 351 g/mol. The molecule has 2 heterocycles. The minimum atomic E-state index is 0.0981. The molecule has 0 atom stereocenters. The Morgan fingerprint density at radius 3 is 2.84 bits per heavy atom. The smallest absolute Gasteiger partial charge is 0.254 e. The van der Waals surface area contributed by atoms with Crippen molar-refractivity contribution in [2.75, 3.05) is 13.1 Å². The van der Waals surface area contributed by atoms with E-state index in [4.69, 9.17) is 11.6 Å². The highest BCUT2D eigenvalue weighted by atomic mass is 35.5. The zero-order valence-corrected chi connectivity index (χ0v) is 14.8. The molecule has 0 saturated heterocycles. The van der Waals surface area contributed by atoms with E-state index in [2.05, 4.69) is 11.1 Å². The first-order chi connectivity index (χ1) is 12.1. The van der Waals surface area contributed by atoms with E-state index in [0.29, 0.717) is 6.54 Å². The monoisotopic (exact) mass is 350 g/mol. The van der Waals surface area contributed by atoms with Gasteiger partial charge in [-0.25, -0.2) is 0 Å². The lowest BCUT2D eigenvalue weighted by atomic mass is 9.98. The van der Waals surface area contributed by atoms with Crippen molar-refractivity contribution in [1.29, 1.82) is 0 Å². The SMILES string of the molecule is Cc1cccc(C(=O)N2CC=C(c3c[nH]c4ccc(Cl)cc34)CC2)c1. The molecule has 2 aromatic carbocycles. The van der Waals surface area contributed by atoms with Gasteiger partial charge in [0.05, 0.1) is 0 Å². The fraction of sp³-hybridized carbons (Fsp3) is 0.190. The number of H-pyrrole nitrogens is 1. The van der Waals surface area contributed by atoms with E-state index < -0.39 is 0 Å². The van der Waals surface area contributed by atoms with Gasteiger partial charge in [-0.3, -0.25) is 4.79 Å². The van der Waals surface area contributed by atoms with E-state index in [1.165, 1.54) is 11.1 Å². The summed E-state index contributed by atoms with van der Waals surface area (Å²) in [5.41, 5.74) is 5.39. The standard InChI is InChI=1S/C21H19ClN2O/c1-14-3-2-4-16(11-14)21(25)24-9-7-15(8-10-24)19-13-23-20-6-5-17(22)12-18(19)20/h2-7,11-13,23H,8-10H2,1H3. The van der Waals surface area contributed by atoms with Crippen LogP contribution in [0.15, 0.2) is 54.7 Å². The van der Waals surface area contributed by atoms with E-state index in [0.717, 1.165) is 40.0 Å². The first-order valence-electron chi connectivity index (χ1n) is 8.44. The van der Waals surface area contributed by atoms with Gasteiger partial charge in [-0.05, 0) is 49.2 Å². The Hall–Kier alpha value is -2.52. The molecular formula is C21H19ClN2O. The molecule has 25 heavy (non-hydrogen) atoms. The van der Waals surface area contributed by atoms with E-state index in [9.17, 15) is 4.79 Å². The molecule has 0 fully saturated rings. The number of nitrogens with zero attached hydrogens (tertiary/aromatic N) is 1. The molecule has 1 aromatic heterocycles. The molecule has 0 unspecified atom stereocenters. The predicted octanol–water partition coefficient (Wildman–Crippen LogP) is 5.06. The molecule has 0 spiro atoms. The molecule has 3 aromatic rings. The van der Waals surface area contributed by atoms with Crippen molar-refractivity contribution in [3.05, 3.63) is 76.5 Å². The van der Waals surface area contributed by atoms with Crippen LogP contribution in [-0.4, -0.2) is 28.9 Å². The van der Waals surface area contributed by atoms with Gasteiger partial charge in [0.2, 0.25) is 0 Å². The zero-order valence-electron chi connectivity index (χ0n) is 14.1. The van der Waals surface area contributed by atoms with Crippen LogP contribution < -0.4 is 0 Å². The molecule has 0 radical (unpaired) electrons. The Labute approximate surface area is 151 Å². The summed E-state index contributed by atoms with van der Waals surface area (Å²) in [4.78, 5) is 17.9. The number of carbonyl (C=O) groups is 1. The van der Waals surface area contributed by atoms with Crippen molar-refractivity contribution < 1.29 is 4.79 Å². The summed E-state index contributed by atoms with van der Waals surface area (Å²) < 4.78 is 0. The van der Waals surface area contributed by atoms with Crippen LogP contribution in [0.2, 0.25) is 5.02 Å². The Morgan fingerprint density at radius 1 is 1.20 bits per heavy atom. The molecule has 0 bridgehead atoms. The van der Waals surface area contributed by atoms with Gasteiger partial charge >= 0.3 is 0 Å². The minimum absolute atomic E-state index is 0.0981. The Balaban J connectivity index is 1.57. The predicted molar refractivity (Wildman–Crippen MR) is 103 cm³/mol. The van der Waals surface area contributed by atoms with E-state index in [1.807, 2.05) is 60.5 Å². The summed E-state index contributed by atoms with van der Waals surface area (Å²) >= 11 is 6.15. The Bertz CT molecular complexity index is 986.